The summed E-state index contributed by atoms with van der Waals surface area (Å²) in [6.45, 7) is 7.88. The Morgan fingerprint density at radius 2 is 1.20 bits per heavy atom. The molecule has 0 spiro atoms. The van der Waals surface area contributed by atoms with Crippen molar-refractivity contribution in [2.75, 3.05) is 0 Å². The molecule has 3 rings (SSSR count). The average Bonchev–Trinajstić information content (AvgIpc) is 2.58. The highest BCUT2D eigenvalue weighted by atomic mass is 16.2. The van der Waals surface area contributed by atoms with Crippen molar-refractivity contribution in [2.24, 2.45) is 10.8 Å². The minimum absolute atomic E-state index is 0.107. The Labute approximate surface area is 88.2 Å². The van der Waals surface area contributed by atoms with E-state index in [1.165, 1.54) is 0 Å². The predicted molar refractivity (Wildman–Crippen MR) is 54.8 cm³/mol. The van der Waals surface area contributed by atoms with Gasteiger partial charge in [0.25, 0.3) is 0 Å². The molecule has 0 unspecified atom stereocenters. The molecule has 0 aromatic carbocycles. The molecule has 0 atom stereocenters. The number of carbonyl (C=O) groups is 2. The van der Waals surface area contributed by atoms with Gasteiger partial charge in [-0.2, -0.15) is 0 Å². The number of rotatable bonds is 0. The van der Waals surface area contributed by atoms with E-state index in [0.717, 1.165) is 11.1 Å². The van der Waals surface area contributed by atoms with E-state index in [2.05, 4.69) is 18.5 Å². The second-order valence-corrected chi connectivity index (χ2v) is 5.15. The maximum absolute atomic E-state index is 11.9. The minimum atomic E-state index is -0.530. The van der Waals surface area contributed by atoms with Gasteiger partial charge in [0.15, 0.2) is 0 Å². The van der Waals surface area contributed by atoms with Crippen molar-refractivity contribution in [1.29, 1.82) is 0 Å². The monoisotopic (exact) mass is 203 g/mol. The summed E-state index contributed by atoms with van der Waals surface area (Å²) < 4.78 is 0. The van der Waals surface area contributed by atoms with Crippen molar-refractivity contribution < 1.29 is 9.59 Å². The smallest absolute Gasteiger partial charge is 0.234 e. The third kappa shape index (κ3) is 0.748. The molecule has 1 N–H and O–H groups in total. The lowest BCUT2D eigenvalue weighted by molar-refractivity contribution is -0.129. The van der Waals surface area contributed by atoms with Gasteiger partial charge in [0.1, 0.15) is 0 Å². The zero-order valence-electron chi connectivity index (χ0n) is 8.56. The lowest BCUT2D eigenvalue weighted by Gasteiger charge is -2.26. The lowest BCUT2D eigenvalue weighted by atomic mass is 9.70. The summed E-state index contributed by atoms with van der Waals surface area (Å²) in [6, 6.07) is 0. The highest BCUT2D eigenvalue weighted by molar-refractivity contribution is 6.11. The number of carbonyl (C=O) groups excluding carboxylic acids is 2. The number of allylic oxidation sites excluding steroid dienone is 2. The number of hydrogen-bond donors (Lipinski definition) is 1. The van der Waals surface area contributed by atoms with E-state index in [1.807, 2.05) is 0 Å². The fraction of sp³-hybridized carbons (Fsp3) is 0.500. The molecular formula is C12H13NO2. The Hall–Kier alpha value is -1.38. The Morgan fingerprint density at radius 1 is 0.867 bits per heavy atom. The topological polar surface area (TPSA) is 46.2 Å². The Morgan fingerprint density at radius 3 is 1.53 bits per heavy atom. The van der Waals surface area contributed by atoms with E-state index in [0.29, 0.717) is 25.7 Å². The van der Waals surface area contributed by atoms with Gasteiger partial charge in [-0.1, -0.05) is 24.3 Å². The van der Waals surface area contributed by atoms with Gasteiger partial charge in [-0.15, -0.1) is 0 Å². The fourth-order valence-corrected chi connectivity index (χ4v) is 3.73. The second-order valence-electron chi connectivity index (χ2n) is 5.15. The Bertz CT molecular complexity index is 377. The van der Waals surface area contributed by atoms with E-state index in [-0.39, 0.29) is 11.8 Å². The van der Waals surface area contributed by atoms with E-state index in [4.69, 9.17) is 0 Å². The van der Waals surface area contributed by atoms with Crippen molar-refractivity contribution in [3.8, 4) is 0 Å². The molecule has 3 aliphatic rings. The van der Waals surface area contributed by atoms with Crippen molar-refractivity contribution in [3.63, 3.8) is 0 Å². The fourth-order valence-electron chi connectivity index (χ4n) is 3.73. The molecule has 2 saturated carbocycles. The first-order valence-electron chi connectivity index (χ1n) is 5.19. The molecule has 15 heavy (non-hydrogen) atoms. The lowest BCUT2D eigenvalue weighted by Crippen LogP contribution is -2.35. The van der Waals surface area contributed by atoms with Crippen LogP contribution in [0.2, 0.25) is 0 Å². The van der Waals surface area contributed by atoms with Crippen LogP contribution in [0, 0.1) is 10.8 Å². The number of amides is 2. The van der Waals surface area contributed by atoms with Crippen LogP contribution in [0.3, 0.4) is 0 Å². The SMILES string of the molecule is C=C1CC23CC(=C)CC2(C1)C(=O)NC3=O. The van der Waals surface area contributed by atoms with Crippen molar-refractivity contribution in [2.45, 2.75) is 25.7 Å². The maximum Gasteiger partial charge on any atom is 0.234 e. The molecule has 2 aliphatic carbocycles. The highest BCUT2D eigenvalue weighted by Gasteiger charge is 2.71. The van der Waals surface area contributed by atoms with Crippen LogP contribution in [-0.2, 0) is 9.59 Å². The standard InChI is InChI=1S/C12H13NO2/c1-7-3-11-5-8(2)6-12(11,4-7)10(15)13-9(11)14/h1-6H2,(H,13,14,15). The molecule has 3 heteroatoms. The molecule has 0 radical (unpaired) electrons. The van der Waals surface area contributed by atoms with E-state index in [1.54, 1.807) is 0 Å². The van der Waals surface area contributed by atoms with Gasteiger partial charge < -0.3 is 0 Å². The van der Waals surface area contributed by atoms with Crippen LogP contribution >= 0.6 is 0 Å². The number of hydrogen-bond acceptors (Lipinski definition) is 2. The summed E-state index contributed by atoms with van der Waals surface area (Å²) in [5.74, 6) is -0.213. The molecule has 1 aliphatic heterocycles. The summed E-state index contributed by atoms with van der Waals surface area (Å²) in [6.07, 6.45) is 2.63. The molecule has 0 aromatic heterocycles. The first kappa shape index (κ1) is 8.89. The zero-order valence-corrected chi connectivity index (χ0v) is 8.56. The van der Waals surface area contributed by atoms with Crippen LogP contribution in [0.5, 0.6) is 0 Å². The van der Waals surface area contributed by atoms with Crippen LogP contribution in [0.4, 0.5) is 0 Å². The first-order chi connectivity index (χ1) is 7.00. The largest absolute Gasteiger partial charge is 0.295 e. The summed E-state index contributed by atoms with van der Waals surface area (Å²) in [5.41, 5.74) is 1.01. The third-order valence-electron chi connectivity index (χ3n) is 4.22. The second kappa shape index (κ2) is 2.23. The molecule has 0 bridgehead atoms. The molecule has 2 amide bonds. The van der Waals surface area contributed by atoms with Gasteiger partial charge in [0.05, 0.1) is 10.8 Å². The molecule has 78 valence electrons. The summed E-state index contributed by atoms with van der Waals surface area (Å²) >= 11 is 0. The zero-order chi connectivity index (χ0) is 10.8. The van der Waals surface area contributed by atoms with Gasteiger partial charge in [-0.25, -0.2) is 0 Å². The highest BCUT2D eigenvalue weighted by Crippen LogP contribution is 2.67. The molecule has 3 fully saturated rings. The van der Waals surface area contributed by atoms with Crippen molar-refractivity contribution >= 4 is 11.8 Å². The van der Waals surface area contributed by atoms with Crippen LogP contribution in [0.25, 0.3) is 0 Å². The summed E-state index contributed by atoms with van der Waals surface area (Å²) in [7, 11) is 0. The summed E-state index contributed by atoms with van der Waals surface area (Å²) in [4.78, 5) is 23.9. The van der Waals surface area contributed by atoms with E-state index in [9.17, 15) is 9.59 Å². The first-order valence-corrected chi connectivity index (χ1v) is 5.19. The molecular weight excluding hydrogens is 190 g/mol. The van der Waals surface area contributed by atoms with Gasteiger partial charge in [0.2, 0.25) is 11.8 Å². The average molecular weight is 203 g/mol. The van der Waals surface area contributed by atoms with Crippen molar-refractivity contribution in [3.05, 3.63) is 24.3 Å². The quantitative estimate of drug-likeness (QED) is 0.476. The predicted octanol–water partition coefficient (Wildman–Crippen LogP) is 1.32. The molecule has 1 saturated heterocycles. The van der Waals surface area contributed by atoms with Crippen LogP contribution in [-0.4, -0.2) is 11.8 Å². The third-order valence-corrected chi connectivity index (χ3v) is 4.22. The van der Waals surface area contributed by atoms with Gasteiger partial charge in [-0.3, -0.25) is 14.9 Å². The van der Waals surface area contributed by atoms with Crippen LogP contribution in [0.15, 0.2) is 24.3 Å². The van der Waals surface area contributed by atoms with Gasteiger partial charge in [0, 0.05) is 0 Å². The maximum atomic E-state index is 11.9. The van der Waals surface area contributed by atoms with Crippen LogP contribution in [0.1, 0.15) is 25.7 Å². The summed E-state index contributed by atoms with van der Waals surface area (Å²) in [5, 5.41) is 2.48. The molecule has 1 heterocycles. The Kier molecular flexibility index (Phi) is 1.32. The molecule has 0 aromatic rings. The molecule has 3 nitrogen and oxygen atoms in total. The van der Waals surface area contributed by atoms with E-state index >= 15 is 0 Å². The minimum Gasteiger partial charge on any atom is -0.295 e. The normalized spacial score (nSPS) is 43.2. The van der Waals surface area contributed by atoms with E-state index < -0.39 is 10.8 Å². The Balaban J connectivity index is 2.24. The van der Waals surface area contributed by atoms with Gasteiger partial charge in [-0.05, 0) is 25.7 Å². The number of nitrogens with one attached hydrogen (secondary N) is 1. The number of imide groups is 1. The van der Waals surface area contributed by atoms with Crippen LogP contribution < -0.4 is 5.32 Å². The van der Waals surface area contributed by atoms with Crippen molar-refractivity contribution in [1.82, 2.24) is 5.32 Å². The van der Waals surface area contributed by atoms with Gasteiger partial charge >= 0.3 is 0 Å².